The molecule has 214 valence electrons. The van der Waals surface area contributed by atoms with Gasteiger partial charge in [0.1, 0.15) is 11.8 Å². The molecule has 9 nitrogen and oxygen atoms in total. The molecule has 2 amide bonds. The highest BCUT2D eigenvalue weighted by Gasteiger charge is 2.59. The largest absolute Gasteiger partial charge is 0.382 e. The minimum absolute atomic E-state index is 0.0163. The van der Waals surface area contributed by atoms with Gasteiger partial charge in [-0.25, -0.2) is 0 Å². The van der Waals surface area contributed by atoms with Gasteiger partial charge in [-0.1, -0.05) is 72.8 Å². The van der Waals surface area contributed by atoms with Gasteiger partial charge in [-0.3, -0.25) is 14.3 Å². The SMILES string of the molecule is C[C@H]1C[C@@H](CCn2cc([C@H](O)c3ccccc3)nn2)O[C@]12C(=O)N(Cc1cccc(N3CCC3=O)c1)c1ccccc12. The number of aryl methyl sites for hydroxylation is 1. The normalized spacial score (nSPS) is 23.9. The first-order valence-corrected chi connectivity index (χ1v) is 14.6. The number of ether oxygens (including phenoxy) is 1. The topological polar surface area (TPSA) is 101 Å². The zero-order chi connectivity index (χ0) is 28.8. The van der Waals surface area contributed by atoms with Crippen LogP contribution in [0, 0.1) is 5.92 Å². The number of nitrogens with zero attached hydrogens (tertiary/aromatic N) is 5. The third kappa shape index (κ3) is 4.40. The number of rotatable bonds is 8. The summed E-state index contributed by atoms with van der Waals surface area (Å²) >= 11 is 0. The monoisotopic (exact) mass is 563 g/mol. The van der Waals surface area contributed by atoms with Gasteiger partial charge in [-0.15, -0.1) is 5.10 Å². The van der Waals surface area contributed by atoms with Crippen molar-refractivity contribution in [1.29, 1.82) is 0 Å². The molecule has 3 aliphatic heterocycles. The molecule has 1 N–H and O–H groups in total. The number of benzene rings is 3. The van der Waals surface area contributed by atoms with E-state index in [2.05, 4.69) is 17.2 Å². The fraction of sp³-hybridized carbons (Fsp3) is 0.333. The number of carbonyl (C=O) groups is 2. The number of amides is 2. The number of fused-ring (bicyclic) bond motifs is 2. The fourth-order valence-corrected chi connectivity index (χ4v) is 6.58. The van der Waals surface area contributed by atoms with Crippen molar-refractivity contribution in [3.05, 3.63) is 107 Å². The number of hydrogen-bond donors (Lipinski definition) is 1. The minimum atomic E-state index is -1.04. The van der Waals surface area contributed by atoms with Crippen LogP contribution in [0.25, 0.3) is 0 Å². The molecule has 7 rings (SSSR count). The zero-order valence-corrected chi connectivity index (χ0v) is 23.5. The van der Waals surface area contributed by atoms with E-state index in [0.717, 1.165) is 41.0 Å². The smallest absolute Gasteiger partial charge is 0.264 e. The molecule has 4 heterocycles. The molecule has 9 heteroatoms. The highest BCUT2D eigenvalue weighted by atomic mass is 16.5. The maximum absolute atomic E-state index is 14.3. The van der Waals surface area contributed by atoms with Crippen molar-refractivity contribution in [2.24, 2.45) is 5.92 Å². The van der Waals surface area contributed by atoms with Gasteiger partial charge in [0.05, 0.1) is 24.5 Å². The number of hydrogen-bond acceptors (Lipinski definition) is 6. The molecule has 4 atom stereocenters. The number of anilines is 2. The van der Waals surface area contributed by atoms with Gasteiger partial charge in [0.2, 0.25) is 5.91 Å². The predicted molar refractivity (Wildman–Crippen MR) is 157 cm³/mol. The first-order chi connectivity index (χ1) is 20.4. The van der Waals surface area contributed by atoms with Crippen molar-refractivity contribution in [2.75, 3.05) is 16.3 Å². The number of aromatic nitrogens is 3. The van der Waals surface area contributed by atoms with E-state index in [0.29, 0.717) is 31.6 Å². The van der Waals surface area contributed by atoms with Crippen molar-refractivity contribution >= 4 is 23.2 Å². The summed E-state index contributed by atoms with van der Waals surface area (Å²) in [5.74, 6) is 0.0676. The highest BCUT2D eigenvalue weighted by Crippen LogP contribution is 2.53. The summed E-state index contributed by atoms with van der Waals surface area (Å²) < 4.78 is 8.45. The van der Waals surface area contributed by atoms with Crippen LogP contribution in [-0.2, 0) is 33.0 Å². The Morgan fingerprint density at radius 1 is 1.05 bits per heavy atom. The van der Waals surface area contributed by atoms with Crippen LogP contribution in [-0.4, -0.2) is 44.6 Å². The summed E-state index contributed by atoms with van der Waals surface area (Å²) in [6, 6.07) is 25.2. The minimum Gasteiger partial charge on any atom is -0.382 e. The van der Waals surface area contributed by atoms with Crippen molar-refractivity contribution in [2.45, 2.75) is 57.1 Å². The number of aliphatic hydroxyl groups excluding tert-OH is 1. The lowest BCUT2D eigenvalue weighted by atomic mass is 9.83. The standard InChI is InChI=1S/C33H33N5O4/c1-22-18-26(14-16-36-21-28(34-35-36)31(40)24-9-3-2-4-10-24)42-33(22)27-12-5-6-13-29(27)38(32(33)41)20-23-8-7-11-25(19-23)37-17-15-30(37)39/h2-13,19,21-22,26,31,40H,14-18,20H2,1H3/t22-,26+,31+,33+/m0/s1. The van der Waals surface area contributed by atoms with Gasteiger partial charge in [-0.05, 0) is 42.2 Å². The second-order valence-electron chi connectivity index (χ2n) is 11.5. The molecule has 4 aromatic rings. The lowest BCUT2D eigenvalue weighted by Crippen LogP contribution is -2.44. The summed E-state index contributed by atoms with van der Waals surface area (Å²) in [6.45, 7) is 3.79. The van der Waals surface area contributed by atoms with Crippen LogP contribution in [0.2, 0.25) is 0 Å². The Labute approximate surface area is 244 Å². The van der Waals surface area contributed by atoms with Crippen LogP contribution in [0.3, 0.4) is 0 Å². The summed E-state index contributed by atoms with van der Waals surface area (Å²) in [5, 5.41) is 19.1. The van der Waals surface area contributed by atoms with Crippen LogP contribution in [0.15, 0.2) is 85.1 Å². The van der Waals surface area contributed by atoms with Crippen molar-refractivity contribution in [3.63, 3.8) is 0 Å². The first-order valence-electron chi connectivity index (χ1n) is 14.6. The molecule has 0 aliphatic carbocycles. The lowest BCUT2D eigenvalue weighted by molar-refractivity contribution is -0.146. The molecular formula is C33H33N5O4. The Balaban J connectivity index is 1.07. The van der Waals surface area contributed by atoms with Gasteiger partial charge in [0.15, 0.2) is 5.60 Å². The molecule has 0 unspecified atom stereocenters. The third-order valence-corrected chi connectivity index (χ3v) is 8.87. The van der Waals surface area contributed by atoms with E-state index in [-0.39, 0.29) is 23.8 Å². The van der Waals surface area contributed by atoms with Gasteiger partial charge in [0, 0.05) is 36.7 Å². The zero-order valence-electron chi connectivity index (χ0n) is 23.5. The molecule has 0 bridgehead atoms. The number of carbonyl (C=O) groups excluding carboxylic acids is 2. The fourth-order valence-electron chi connectivity index (χ4n) is 6.58. The van der Waals surface area contributed by atoms with Gasteiger partial charge in [0.25, 0.3) is 5.91 Å². The Morgan fingerprint density at radius 3 is 2.64 bits per heavy atom. The van der Waals surface area contributed by atoms with E-state index in [9.17, 15) is 14.7 Å². The second kappa shape index (κ2) is 10.5. The van der Waals surface area contributed by atoms with Crippen molar-refractivity contribution < 1.29 is 19.4 Å². The Morgan fingerprint density at radius 2 is 1.86 bits per heavy atom. The third-order valence-electron chi connectivity index (χ3n) is 8.87. The average Bonchev–Trinajstić information content (AvgIpc) is 3.68. The highest BCUT2D eigenvalue weighted by molar-refractivity contribution is 6.07. The maximum Gasteiger partial charge on any atom is 0.264 e. The molecule has 42 heavy (non-hydrogen) atoms. The van der Waals surface area contributed by atoms with Gasteiger partial charge in [-0.2, -0.15) is 0 Å². The number of aliphatic hydroxyl groups is 1. The van der Waals surface area contributed by atoms with E-state index >= 15 is 0 Å². The van der Waals surface area contributed by atoms with Crippen LogP contribution >= 0.6 is 0 Å². The number of para-hydroxylation sites is 1. The van der Waals surface area contributed by atoms with E-state index < -0.39 is 11.7 Å². The summed E-state index contributed by atoms with van der Waals surface area (Å²) in [6.07, 6.45) is 2.79. The second-order valence-corrected chi connectivity index (χ2v) is 11.5. The van der Waals surface area contributed by atoms with Crippen molar-refractivity contribution in [3.8, 4) is 0 Å². The Bertz CT molecular complexity index is 1640. The molecule has 1 aromatic heterocycles. The lowest BCUT2D eigenvalue weighted by Gasteiger charge is -2.31. The molecule has 1 spiro atoms. The van der Waals surface area contributed by atoms with Crippen LogP contribution in [0.1, 0.15) is 54.7 Å². The molecule has 3 aliphatic rings. The maximum atomic E-state index is 14.3. The molecule has 2 saturated heterocycles. The van der Waals surface area contributed by atoms with Crippen molar-refractivity contribution in [1.82, 2.24) is 15.0 Å². The van der Waals surface area contributed by atoms with E-state index in [1.54, 1.807) is 15.8 Å². The Kier molecular flexibility index (Phi) is 6.63. The molecule has 0 saturated carbocycles. The van der Waals surface area contributed by atoms with Gasteiger partial charge < -0.3 is 19.6 Å². The molecular weight excluding hydrogens is 530 g/mol. The van der Waals surface area contributed by atoms with Crippen LogP contribution in [0.4, 0.5) is 11.4 Å². The molecule has 0 radical (unpaired) electrons. The van der Waals surface area contributed by atoms with Gasteiger partial charge >= 0.3 is 0 Å². The summed E-state index contributed by atoms with van der Waals surface area (Å²) in [5.41, 5.74) is 3.85. The average molecular weight is 564 g/mol. The van der Waals surface area contributed by atoms with E-state index in [1.165, 1.54) is 0 Å². The number of β-lactam (4-membered cyclic amide) rings is 1. The first kappa shape index (κ1) is 26.6. The van der Waals surface area contributed by atoms with Crippen LogP contribution < -0.4 is 9.80 Å². The predicted octanol–water partition coefficient (Wildman–Crippen LogP) is 4.35. The van der Waals surface area contributed by atoms with E-state index in [1.807, 2.05) is 83.8 Å². The van der Waals surface area contributed by atoms with Crippen LogP contribution in [0.5, 0.6) is 0 Å². The Hall–Kier alpha value is -4.34. The molecule has 2 fully saturated rings. The summed E-state index contributed by atoms with van der Waals surface area (Å²) in [7, 11) is 0. The quantitative estimate of drug-likeness (QED) is 0.320. The summed E-state index contributed by atoms with van der Waals surface area (Å²) in [4.78, 5) is 29.9. The van der Waals surface area contributed by atoms with E-state index in [4.69, 9.17) is 4.74 Å². The molecule has 3 aromatic carbocycles.